The van der Waals surface area contributed by atoms with Crippen molar-refractivity contribution in [2.75, 3.05) is 41.0 Å². The van der Waals surface area contributed by atoms with E-state index in [1.54, 1.807) is 45.0 Å². The molecule has 216 valence electrons. The van der Waals surface area contributed by atoms with Gasteiger partial charge in [0.1, 0.15) is 12.4 Å². The molecule has 1 fully saturated rings. The number of benzene rings is 2. The number of aryl methyl sites for hydroxylation is 2. The van der Waals surface area contributed by atoms with Crippen LogP contribution in [0.2, 0.25) is 0 Å². The van der Waals surface area contributed by atoms with Crippen molar-refractivity contribution in [2.24, 2.45) is 0 Å². The fourth-order valence-electron chi connectivity index (χ4n) is 5.28. The summed E-state index contributed by atoms with van der Waals surface area (Å²) < 4.78 is 38.3. The summed E-state index contributed by atoms with van der Waals surface area (Å²) in [6.07, 6.45) is 3.82. The van der Waals surface area contributed by atoms with Crippen LogP contribution in [0, 0.1) is 13.8 Å². The molecule has 2 aromatic carbocycles. The zero-order valence-corrected chi connectivity index (χ0v) is 25.4. The van der Waals surface area contributed by atoms with Crippen LogP contribution in [0.15, 0.2) is 41.3 Å². The lowest BCUT2D eigenvalue weighted by molar-refractivity contribution is -0.135. The molecule has 9 heteroatoms. The molecule has 2 aromatic rings. The maximum Gasteiger partial charge on any atom is 0.248 e. The molecule has 0 radical (unpaired) electrons. The Morgan fingerprint density at radius 2 is 1.56 bits per heavy atom. The average Bonchev–Trinajstić information content (AvgIpc) is 2.88. The lowest BCUT2D eigenvalue weighted by Gasteiger charge is -2.39. The summed E-state index contributed by atoms with van der Waals surface area (Å²) in [6.45, 7) is 9.73. The highest BCUT2D eigenvalue weighted by Crippen LogP contribution is 2.28. The van der Waals surface area contributed by atoms with Gasteiger partial charge in [0.25, 0.3) is 0 Å². The molecule has 0 unspecified atom stereocenters. The molecule has 1 aliphatic rings. The van der Waals surface area contributed by atoms with Gasteiger partial charge in [0.2, 0.25) is 15.9 Å². The van der Waals surface area contributed by atoms with E-state index >= 15 is 0 Å². The second kappa shape index (κ2) is 13.7. The summed E-state index contributed by atoms with van der Waals surface area (Å²) in [7, 11) is 1.12. The van der Waals surface area contributed by atoms with Crippen molar-refractivity contribution in [2.45, 2.75) is 77.0 Å². The second-order valence-corrected chi connectivity index (χ2v) is 12.8. The predicted molar refractivity (Wildman–Crippen MR) is 154 cm³/mol. The quantitative estimate of drug-likeness (QED) is 0.360. The number of nitrogens with zero attached hydrogens (tertiary/aromatic N) is 3. The van der Waals surface area contributed by atoms with E-state index < -0.39 is 10.0 Å². The van der Waals surface area contributed by atoms with Crippen LogP contribution in [0.25, 0.3) is 0 Å². The van der Waals surface area contributed by atoms with E-state index in [2.05, 4.69) is 43.0 Å². The maximum atomic E-state index is 13.1. The van der Waals surface area contributed by atoms with Gasteiger partial charge in [-0.2, -0.15) is 4.31 Å². The van der Waals surface area contributed by atoms with Gasteiger partial charge in [0, 0.05) is 45.8 Å². The highest BCUT2D eigenvalue weighted by atomic mass is 32.2. The predicted octanol–water partition coefficient (Wildman–Crippen LogP) is 4.37. The molecule has 0 aliphatic carbocycles. The number of rotatable bonds is 12. The molecule has 1 saturated heterocycles. The third-order valence-corrected chi connectivity index (χ3v) is 9.89. The van der Waals surface area contributed by atoms with Crippen molar-refractivity contribution in [3.8, 4) is 5.75 Å². The van der Waals surface area contributed by atoms with Crippen LogP contribution < -0.4 is 4.74 Å². The Hall–Kier alpha value is -2.46. The zero-order valence-electron chi connectivity index (χ0n) is 24.6. The molecular formula is C30H45N3O5S. The minimum Gasteiger partial charge on any atom is -0.497 e. The van der Waals surface area contributed by atoms with Gasteiger partial charge in [-0.15, -0.1) is 0 Å². The van der Waals surface area contributed by atoms with Crippen molar-refractivity contribution in [1.82, 2.24) is 14.1 Å². The minimum absolute atomic E-state index is 0.103. The van der Waals surface area contributed by atoms with Gasteiger partial charge in [0.15, 0.2) is 0 Å². The monoisotopic (exact) mass is 559 g/mol. The first-order chi connectivity index (χ1) is 18.4. The Bertz CT molecular complexity index is 1180. The molecule has 39 heavy (non-hydrogen) atoms. The summed E-state index contributed by atoms with van der Waals surface area (Å²) in [5.74, 6) is 0.470. The SMILES string of the molecule is COc1cc(C)c(S(=O)(=O)N(C)CCOCC(=O)N(C)Cc2ccc(CN3[C@H](C)CCC[C@@H]3C)cc2)c(C)c1. The van der Waals surface area contributed by atoms with E-state index in [0.29, 0.717) is 35.5 Å². The fraction of sp³-hybridized carbons (Fsp3) is 0.567. The van der Waals surface area contributed by atoms with Crippen LogP contribution in [0.4, 0.5) is 0 Å². The molecule has 0 N–H and O–H groups in total. The Kier molecular flexibility index (Phi) is 11.0. The molecule has 2 atom stereocenters. The summed E-state index contributed by atoms with van der Waals surface area (Å²) in [4.78, 5) is 17.1. The number of carbonyl (C=O) groups excluding carboxylic acids is 1. The standard InChI is InChI=1S/C30H45N3O5S/c1-22-17-28(37-7)18-23(2)30(22)39(35,36)32(6)15-16-38-21-29(34)31(5)19-26-11-13-27(14-12-26)20-33-24(3)9-8-10-25(33)4/h11-14,17-18,24-25H,8-10,15-16,19-21H2,1-7H3/t24-,25+. The maximum absolute atomic E-state index is 13.1. The van der Waals surface area contributed by atoms with Crippen LogP contribution >= 0.6 is 0 Å². The molecule has 0 spiro atoms. The summed E-state index contributed by atoms with van der Waals surface area (Å²) in [6, 6.07) is 13.1. The average molecular weight is 560 g/mol. The third-order valence-electron chi connectivity index (χ3n) is 7.72. The van der Waals surface area contributed by atoms with Gasteiger partial charge in [-0.05, 0) is 74.9 Å². The third kappa shape index (κ3) is 8.03. The number of likely N-dealkylation sites (tertiary alicyclic amines) is 1. The van der Waals surface area contributed by atoms with Crippen LogP contribution in [-0.2, 0) is 32.6 Å². The van der Waals surface area contributed by atoms with E-state index in [-0.39, 0.29) is 30.6 Å². The van der Waals surface area contributed by atoms with E-state index in [1.807, 2.05) is 0 Å². The van der Waals surface area contributed by atoms with E-state index in [1.165, 1.54) is 36.2 Å². The number of hydrogen-bond acceptors (Lipinski definition) is 6. The van der Waals surface area contributed by atoms with Gasteiger partial charge in [0.05, 0.1) is 18.6 Å². The molecule has 0 aromatic heterocycles. The van der Waals surface area contributed by atoms with E-state index in [4.69, 9.17) is 9.47 Å². The van der Waals surface area contributed by atoms with Crippen LogP contribution in [-0.4, -0.2) is 81.5 Å². The molecule has 1 aliphatic heterocycles. The lowest BCUT2D eigenvalue weighted by atomic mass is 9.96. The highest BCUT2D eigenvalue weighted by molar-refractivity contribution is 7.89. The first-order valence-corrected chi connectivity index (χ1v) is 15.1. The Balaban J connectivity index is 1.45. The number of amides is 1. The molecule has 1 amide bonds. The first kappa shape index (κ1) is 31.1. The first-order valence-electron chi connectivity index (χ1n) is 13.7. The molecule has 3 rings (SSSR count). The number of sulfonamides is 1. The molecular weight excluding hydrogens is 514 g/mol. The smallest absolute Gasteiger partial charge is 0.248 e. The van der Waals surface area contributed by atoms with Gasteiger partial charge < -0.3 is 14.4 Å². The second-order valence-electron chi connectivity index (χ2n) is 10.8. The van der Waals surface area contributed by atoms with Gasteiger partial charge in [-0.1, -0.05) is 30.7 Å². The fourth-order valence-corrected chi connectivity index (χ4v) is 6.84. The topological polar surface area (TPSA) is 79.4 Å². The van der Waals surface area contributed by atoms with E-state index in [9.17, 15) is 13.2 Å². The number of likely N-dealkylation sites (N-methyl/N-ethyl adjacent to an activating group) is 2. The largest absolute Gasteiger partial charge is 0.497 e. The summed E-state index contributed by atoms with van der Waals surface area (Å²) >= 11 is 0. The summed E-state index contributed by atoms with van der Waals surface area (Å²) in [5.41, 5.74) is 3.60. The number of ether oxygens (including phenoxy) is 2. The Labute approximate surface area is 234 Å². The van der Waals surface area contributed by atoms with Crippen molar-refractivity contribution in [1.29, 1.82) is 0 Å². The van der Waals surface area contributed by atoms with Crippen molar-refractivity contribution < 1.29 is 22.7 Å². The van der Waals surface area contributed by atoms with Gasteiger partial charge in [-0.25, -0.2) is 8.42 Å². The Morgan fingerprint density at radius 3 is 2.13 bits per heavy atom. The van der Waals surface area contributed by atoms with Crippen LogP contribution in [0.1, 0.15) is 55.4 Å². The molecule has 0 saturated carbocycles. The number of hydrogen-bond donors (Lipinski definition) is 0. The normalized spacial score (nSPS) is 18.4. The molecule has 0 bridgehead atoms. The minimum atomic E-state index is -3.70. The van der Waals surface area contributed by atoms with Gasteiger partial charge >= 0.3 is 0 Å². The van der Waals surface area contributed by atoms with Crippen LogP contribution in [0.3, 0.4) is 0 Å². The lowest BCUT2D eigenvalue weighted by Crippen LogP contribution is -2.42. The molecule has 1 heterocycles. The number of piperidine rings is 1. The highest BCUT2D eigenvalue weighted by Gasteiger charge is 2.26. The van der Waals surface area contributed by atoms with Gasteiger partial charge in [-0.3, -0.25) is 9.69 Å². The van der Waals surface area contributed by atoms with Crippen molar-refractivity contribution in [3.63, 3.8) is 0 Å². The molecule has 8 nitrogen and oxygen atoms in total. The van der Waals surface area contributed by atoms with E-state index in [0.717, 1.165) is 12.1 Å². The van der Waals surface area contributed by atoms with Crippen molar-refractivity contribution in [3.05, 3.63) is 58.7 Å². The van der Waals surface area contributed by atoms with Crippen molar-refractivity contribution >= 4 is 15.9 Å². The number of methoxy groups -OCH3 is 1. The Morgan fingerprint density at radius 1 is 1.00 bits per heavy atom. The van der Waals surface area contributed by atoms with Crippen LogP contribution in [0.5, 0.6) is 5.75 Å². The summed E-state index contributed by atoms with van der Waals surface area (Å²) in [5, 5.41) is 0. The number of carbonyl (C=O) groups is 1. The zero-order chi connectivity index (χ0) is 28.7.